The molecule has 1 aromatic heterocycles. The van der Waals surface area contributed by atoms with Crippen molar-refractivity contribution in [3.63, 3.8) is 0 Å². The molecule has 2 aromatic rings. The molecule has 0 saturated heterocycles. The van der Waals surface area contributed by atoms with Gasteiger partial charge in [0, 0.05) is 16.3 Å². The summed E-state index contributed by atoms with van der Waals surface area (Å²) in [5.74, 6) is 1.30. The second-order valence-electron chi connectivity index (χ2n) is 4.86. The lowest BCUT2D eigenvalue weighted by Crippen LogP contribution is -2.13. The third kappa shape index (κ3) is 5.31. The lowest BCUT2D eigenvalue weighted by Gasteiger charge is -2.02. The monoisotopic (exact) mass is 305 g/mol. The van der Waals surface area contributed by atoms with E-state index >= 15 is 0 Å². The van der Waals surface area contributed by atoms with Crippen LogP contribution in [-0.2, 0) is 6.54 Å². The van der Waals surface area contributed by atoms with E-state index in [4.69, 9.17) is 0 Å². The number of thiophene rings is 1. The molecule has 0 aliphatic rings. The maximum atomic E-state index is 3.55. The minimum absolute atomic E-state index is 1.00. The second kappa shape index (κ2) is 9.22. The Hall–Kier alpha value is -0.770. The molecular formula is C17H23NS2. The summed E-state index contributed by atoms with van der Waals surface area (Å²) in [5.41, 5.74) is 1.32. The standard InChI is InChI=1S/C17H23NS2/c1-19-13-7-3-6-12-18-14-16-10-11-17(20-16)15-8-4-2-5-9-15/h2,4-5,8-11,18H,3,6-7,12-14H2,1H3. The van der Waals surface area contributed by atoms with Crippen LogP contribution in [0.3, 0.4) is 0 Å². The van der Waals surface area contributed by atoms with Crippen LogP contribution in [0.5, 0.6) is 0 Å². The van der Waals surface area contributed by atoms with Crippen LogP contribution in [0.2, 0.25) is 0 Å². The Bertz CT molecular complexity index is 479. The van der Waals surface area contributed by atoms with Gasteiger partial charge in [-0.15, -0.1) is 11.3 Å². The highest BCUT2D eigenvalue weighted by atomic mass is 32.2. The molecule has 0 aliphatic heterocycles. The Morgan fingerprint density at radius 2 is 1.85 bits per heavy atom. The third-order valence-electron chi connectivity index (χ3n) is 3.22. The van der Waals surface area contributed by atoms with E-state index in [1.54, 1.807) is 0 Å². The van der Waals surface area contributed by atoms with E-state index < -0.39 is 0 Å². The molecule has 1 N–H and O–H groups in total. The van der Waals surface area contributed by atoms with Gasteiger partial charge in [-0.3, -0.25) is 0 Å². The highest BCUT2D eigenvalue weighted by Gasteiger charge is 2.01. The summed E-state index contributed by atoms with van der Waals surface area (Å²) < 4.78 is 0. The molecule has 0 fully saturated rings. The number of nitrogens with one attached hydrogen (secondary N) is 1. The van der Waals surface area contributed by atoms with Crippen LogP contribution in [-0.4, -0.2) is 18.6 Å². The van der Waals surface area contributed by atoms with Gasteiger partial charge in [-0.1, -0.05) is 36.8 Å². The normalized spacial score (nSPS) is 10.8. The van der Waals surface area contributed by atoms with E-state index in [-0.39, 0.29) is 0 Å². The van der Waals surface area contributed by atoms with E-state index in [0.29, 0.717) is 0 Å². The average Bonchev–Trinajstić information content (AvgIpc) is 2.96. The molecule has 1 aromatic carbocycles. The number of hydrogen-bond acceptors (Lipinski definition) is 3. The number of hydrogen-bond donors (Lipinski definition) is 1. The predicted octanol–water partition coefficient (Wildman–Crippen LogP) is 5.04. The van der Waals surface area contributed by atoms with Crippen molar-refractivity contribution in [2.24, 2.45) is 0 Å². The summed E-state index contributed by atoms with van der Waals surface area (Å²) in [6.07, 6.45) is 6.16. The summed E-state index contributed by atoms with van der Waals surface area (Å²) in [4.78, 5) is 2.79. The van der Waals surface area contributed by atoms with Crippen LogP contribution in [0.15, 0.2) is 42.5 Å². The maximum Gasteiger partial charge on any atom is 0.0346 e. The first-order chi connectivity index (χ1) is 9.90. The molecule has 2 rings (SSSR count). The lowest BCUT2D eigenvalue weighted by molar-refractivity contribution is 0.622. The molecule has 0 radical (unpaired) electrons. The fourth-order valence-corrected chi connectivity index (χ4v) is 3.59. The Labute approximate surface area is 130 Å². The number of thioether (sulfide) groups is 1. The Morgan fingerprint density at radius 3 is 2.65 bits per heavy atom. The van der Waals surface area contributed by atoms with Crippen molar-refractivity contribution in [3.8, 4) is 10.4 Å². The first-order valence-corrected chi connectivity index (χ1v) is 9.45. The second-order valence-corrected chi connectivity index (χ2v) is 7.02. The van der Waals surface area contributed by atoms with E-state index in [0.717, 1.165) is 13.1 Å². The number of unbranched alkanes of at least 4 members (excludes halogenated alkanes) is 2. The van der Waals surface area contributed by atoms with Crippen molar-refractivity contribution in [1.29, 1.82) is 0 Å². The van der Waals surface area contributed by atoms with Gasteiger partial charge in [0.1, 0.15) is 0 Å². The van der Waals surface area contributed by atoms with Gasteiger partial charge < -0.3 is 5.32 Å². The topological polar surface area (TPSA) is 12.0 Å². The Kier molecular flexibility index (Phi) is 7.20. The third-order valence-corrected chi connectivity index (χ3v) is 5.05. The highest BCUT2D eigenvalue weighted by molar-refractivity contribution is 7.98. The van der Waals surface area contributed by atoms with Gasteiger partial charge in [-0.25, -0.2) is 0 Å². The predicted molar refractivity (Wildman–Crippen MR) is 93.7 cm³/mol. The summed E-state index contributed by atoms with van der Waals surface area (Å²) in [5, 5.41) is 3.55. The van der Waals surface area contributed by atoms with Crippen molar-refractivity contribution < 1.29 is 0 Å². The van der Waals surface area contributed by atoms with Gasteiger partial charge in [-0.05, 0) is 49.1 Å². The summed E-state index contributed by atoms with van der Waals surface area (Å²) in [7, 11) is 0. The smallest absolute Gasteiger partial charge is 0.0346 e. The average molecular weight is 306 g/mol. The largest absolute Gasteiger partial charge is 0.312 e. The molecule has 0 amide bonds. The summed E-state index contributed by atoms with van der Waals surface area (Å²) in [6.45, 7) is 2.13. The zero-order valence-electron chi connectivity index (χ0n) is 12.1. The molecule has 3 heteroatoms. The molecule has 0 bridgehead atoms. The van der Waals surface area contributed by atoms with Gasteiger partial charge in [0.25, 0.3) is 0 Å². The molecule has 20 heavy (non-hydrogen) atoms. The van der Waals surface area contributed by atoms with Gasteiger partial charge in [-0.2, -0.15) is 11.8 Å². The fraction of sp³-hybridized carbons (Fsp3) is 0.412. The van der Waals surface area contributed by atoms with Crippen molar-refractivity contribution in [3.05, 3.63) is 47.3 Å². The van der Waals surface area contributed by atoms with Crippen LogP contribution < -0.4 is 5.32 Å². The van der Waals surface area contributed by atoms with Crippen LogP contribution in [0, 0.1) is 0 Å². The lowest BCUT2D eigenvalue weighted by atomic mass is 10.2. The minimum atomic E-state index is 1.00. The highest BCUT2D eigenvalue weighted by Crippen LogP contribution is 2.27. The maximum absolute atomic E-state index is 3.55. The van der Waals surface area contributed by atoms with Crippen LogP contribution in [0.1, 0.15) is 24.1 Å². The number of benzene rings is 1. The molecule has 108 valence electrons. The Balaban J connectivity index is 1.69. The van der Waals surface area contributed by atoms with Gasteiger partial charge >= 0.3 is 0 Å². The van der Waals surface area contributed by atoms with Gasteiger partial charge in [0.05, 0.1) is 0 Å². The number of rotatable bonds is 9. The molecule has 0 unspecified atom stereocenters. The molecule has 1 nitrogen and oxygen atoms in total. The first-order valence-electron chi connectivity index (χ1n) is 7.24. The van der Waals surface area contributed by atoms with Gasteiger partial charge in [0.15, 0.2) is 0 Å². The van der Waals surface area contributed by atoms with E-state index in [1.165, 1.54) is 40.3 Å². The molecule has 0 aliphatic carbocycles. The van der Waals surface area contributed by atoms with Crippen molar-refractivity contribution >= 4 is 23.1 Å². The molecule has 0 atom stereocenters. The van der Waals surface area contributed by atoms with Crippen LogP contribution in [0.4, 0.5) is 0 Å². The minimum Gasteiger partial charge on any atom is -0.312 e. The molecule has 1 heterocycles. The fourth-order valence-electron chi connectivity index (χ4n) is 2.12. The zero-order chi connectivity index (χ0) is 14.0. The van der Waals surface area contributed by atoms with Crippen LogP contribution >= 0.6 is 23.1 Å². The van der Waals surface area contributed by atoms with Gasteiger partial charge in [0.2, 0.25) is 0 Å². The van der Waals surface area contributed by atoms with E-state index in [9.17, 15) is 0 Å². The summed E-state index contributed by atoms with van der Waals surface area (Å²) in [6, 6.07) is 15.1. The molecule has 0 spiro atoms. The van der Waals surface area contributed by atoms with E-state index in [2.05, 4.69) is 54.0 Å². The van der Waals surface area contributed by atoms with Crippen molar-refractivity contribution in [1.82, 2.24) is 5.32 Å². The Morgan fingerprint density at radius 1 is 1.00 bits per heavy atom. The van der Waals surface area contributed by atoms with Crippen LogP contribution in [0.25, 0.3) is 10.4 Å². The van der Waals surface area contributed by atoms with Crippen molar-refractivity contribution in [2.45, 2.75) is 25.8 Å². The van der Waals surface area contributed by atoms with Crippen molar-refractivity contribution in [2.75, 3.05) is 18.6 Å². The summed E-state index contributed by atoms with van der Waals surface area (Å²) >= 11 is 3.84. The SMILES string of the molecule is CSCCCCCNCc1ccc(-c2ccccc2)s1. The zero-order valence-corrected chi connectivity index (χ0v) is 13.7. The first kappa shape index (κ1) is 15.6. The molecular weight excluding hydrogens is 282 g/mol. The molecule has 0 saturated carbocycles. The van der Waals surface area contributed by atoms with E-state index in [1.807, 2.05) is 23.1 Å². The quantitative estimate of drug-likeness (QED) is 0.651.